The first kappa shape index (κ1) is 54.7. The average molecular weight is 1120 g/mol. The Morgan fingerprint density at radius 1 is 0.622 bits per heavy atom. The van der Waals surface area contributed by atoms with Crippen molar-refractivity contribution in [2.24, 2.45) is 0 Å². The molecule has 2 saturated heterocycles. The summed E-state index contributed by atoms with van der Waals surface area (Å²) in [5.74, 6) is -0.541. The number of sulfonamides is 2. The predicted molar refractivity (Wildman–Crippen MR) is 296 cm³/mol. The zero-order valence-corrected chi connectivity index (χ0v) is 46.0. The lowest BCUT2D eigenvalue weighted by molar-refractivity contribution is -0.121. The topological polar surface area (TPSA) is 190 Å². The van der Waals surface area contributed by atoms with E-state index < -0.39 is 20.0 Å². The van der Waals surface area contributed by atoms with E-state index in [9.17, 15) is 31.2 Å². The van der Waals surface area contributed by atoms with Crippen LogP contribution in [0.2, 0.25) is 10.0 Å². The lowest BCUT2D eigenvalue weighted by atomic mass is 9.92. The predicted octanol–water partition coefficient (Wildman–Crippen LogP) is 10.2. The largest absolute Gasteiger partial charge is 0.382 e. The van der Waals surface area contributed by atoms with Gasteiger partial charge in [0.25, 0.3) is 31.9 Å². The molecular weight excluding hydrogens is 1060 g/mol. The number of H-pyrrole nitrogens is 1. The number of aromatic amines is 1. The minimum atomic E-state index is -3.63. The number of benzene rings is 4. The Kier molecular flexibility index (Phi) is 17.7. The van der Waals surface area contributed by atoms with Crippen LogP contribution in [0.25, 0.3) is 10.9 Å². The number of anilines is 1. The summed E-state index contributed by atoms with van der Waals surface area (Å²) in [7, 11) is -7.21. The lowest BCUT2D eigenvalue weighted by Gasteiger charge is -2.31. The molecule has 5 N–H and O–H groups in total. The third-order valence-electron chi connectivity index (χ3n) is 12.8. The van der Waals surface area contributed by atoms with Crippen LogP contribution >= 0.6 is 45.9 Å². The minimum Gasteiger partial charge on any atom is -0.382 e. The molecule has 0 unspecified atom stereocenters. The molecule has 74 heavy (non-hydrogen) atoms. The van der Waals surface area contributed by atoms with E-state index in [0.29, 0.717) is 70.8 Å². The van der Waals surface area contributed by atoms with Gasteiger partial charge in [0.05, 0.1) is 19.5 Å². The highest BCUT2D eigenvalue weighted by atomic mass is 35.5. The zero-order valence-electron chi connectivity index (χ0n) is 41.2. The van der Waals surface area contributed by atoms with Gasteiger partial charge in [-0.15, -0.1) is 22.7 Å². The molecule has 2 aliphatic rings. The van der Waals surface area contributed by atoms with Gasteiger partial charge >= 0.3 is 0 Å². The van der Waals surface area contributed by atoms with Gasteiger partial charge in [0.15, 0.2) is 0 Å². The fourth-order valence-electron chi connectivity index (χ4n) is 8.58. The molecule has 2 aliphatic heterocycles. The van der Waals surface area contributed by atoms with Crippen LogP contribution in [-0.2, 0) is 49.8 Å². The van der Waals surface area contributed by atoms with Crippen LogP contribution in [0.4, 0.5) is 5.69 Å². The second-order valence-electron chi connectivity index (χ2n) is 19.3. The minimum absolute atomic E-state index is 0.0420. The number of aromatic nitrogens is 1. The van der Waals surface area contributed by atoms with Crippen LogP contribution in [0.5, 0.6) is 0 Å². The summed E-state index contributed by atoms with van der Waals surface area (Å²) in [6.07, 6.45) is 2.90. The molecule has 3 amide bonds. The van der Waals surface area contributed by atoms with Crippen LogP contribution in [0.3, 0.4) is 0 Å². The first-order valence-electron chi connectivity index (χ1n) is 24.3. The van der Waals surface area contributed by atoms with Crippen LogP contribution in [0, 0.1) is 0 Å². The number of thiophene rings is 2. The molecule has 20 heteroatoms. The first-order valence-corrected chi connectivity index (χ1v) is 29.6. The first-order chi connectivity index (χ1) is 35.3. The van der Waals surface area contributed by atoms with Crippen LogP contribution < -0.4 is 21.3 Å². The van der Waals surface area contributed by atoms with Gasteiger partial charge in [-0.1, -0.05) is 74.3 Å². The summed E-state index contributed by atoms with van der Waals surface area (Å²) in [5.41, 5.74) is 5.36. The number of rotatable bonds is 15. The van der Waals surface area contributed by atoms with Gasteiger partial charge in [-0.25, -0.2) is 16.8 Å². The molecule has 0 atom stereocenters. The van der Waals surface area contributed by atoms with Crippen LogP contribution in [0.1, 0.15) is 88.2 Å². The van der Waals surface area contributed by atoms with Crippen molar-refractivity contribution in [2.45, 2.75) is 91.9 Å². The Bertz CT molecular complexity index is 3290. The molecule has 0 spiro atoms. The van der Waals surface area contributed by atoms with E-state index in [-0.39, 0.29) is 52.5 Å². The maximum atomic E-state index is 13.3. The number of carbonyl (C=O) groups is 3. The number of nitrogens with one attached hydrogen (secondary N) is 5. The van der Waals surface area contributed by atoms with Crippen molar-refractivity contribution >= 4 is 100 Å². The van der Waals surface area contributed by atoms with E-state index in [4.69, 9.17) is 23.2 Å². The third-order valence-corrected chi connectivity index (χ3v) is 20.2. The Hall–Kier alpha value is -5.57. The Morgan fingerprint density at radius 3 is 1.59 bits per heavy atom. The number of fused-ring (bicyclic) bond motifs is 1. The molecule has 7 aromatic rings. The monoisotopic (exact) mass is 1120 g/mol. The van der Waals surface area contributed by atoms with E-state index in [1.54, 1.807) is 77.1 Å². The SMILES string of the molecule is CC(C)(C)c1cc2cc(NC3CCN(S(=O)(=O)c4ccc(CNC(=O)c5ccc(Cl)cc5)s4)CC3)ccc2[nH]1.O=C(Cc1ccccc1)NC1CCN(S(=O)(=O)c2ccc(CNC(=O)c3ccc(Cl)cc3)s2)CC1. The molecule has 0 saturated carbocycles. The smallest absolute Gasteiger partial charge is 0.252 e. The van der Waals surface area contributed by atoms with Gasteiger partial charge in [-0.3, -0.25) is 14.4 Å². The van der Waals surface area contributed by atoms with E-state index in [2.05, 4.69) is 71.3 Å². The highest BCUT2D eigenvalue weighted by Crippen LogP contribution is 2.31. The van der Waals surface area contributed by atoms with Crippen molar-refractivity contribution in [1.29, 1.82) is 0 Å². The van der Waals surface area contributed by atoms with E-state index in [1.807, 2.05) is 30.3 Å². The second kappa shape index (κ2) is 24.0. The van der Waals surface area contributed by atoms with E-state index in [0.717, 1.165) is 50.7 Å². The number of carbonyl (C=O) groups excluding carboxylic acids is 3. The quantitative estimate of drug-likeness (QED) is 0.0670. The van der Waals surface area contributed by atoms with Gasteiger partial charge in [-0.2, -0.15) is 8.61 Å². The number of hydrogen-bond acceptors (Lipinski definition) is 10. The van der Waals surface area contributed by atoms with Crippen molar-refractivity contribution < 1.29 is 31.2 Å². The summed E-state index contributed by atoms with van der Waals surface area (Å²) in [6.45, 7) is 8.68. The van der Waals surface area contributed by atoms with Crippen molar-refractivity contribution in [3.63, 3.8) is 0 Å². The number of amides is 3. The lowest BCUT2D eigenvalue weighted by Crippen LogP contribution is -2.46. The van der Waals surface area contributed by atoms with Crippen LogP contribution in [-0.4, -0.2) is 86.4 Å². The fraction of sp³-hybridized carbons (Fsp3) is 0.315. The number of nitrogens with zero attached hydrogens (tertiary/aromatic N) is 2. The number of halogens is 2. The van der Waals surface area contributed by atoms with Crippen molar-refractivity contribution in [3.8, 4) is 0 Å². The highest BCUT2D eigenvalue weighted by molar-refractivity contribution is 7.91. The fourth-order valence-corrected chi connectivity index (χ4v) is 14.7. The summed E-state index contributed by atoms with van der Waals surface area (Å²) in [6, 6.07) is 38.1. The molecule has 0 aliphatic carbocycles. The normalized spacial score (nSPS) is 15.3. The molecule has 3 aromatic heterocycles. The molecule has 14 nitrogen and oxygen atoms in total. The number of hydrogen-bond donors (Lipinski definition) is 5. The van der Waals surface area contributed by atoms with Gasteiger partial charge in [0.1, 0.15) is 8.42 Å². The molecule has 2 fully saturated rings. The molecule has 0 bridgehead atoms. The maximum absolute atomic E-state index is 13.3. The zero-order chi connectivity index (χ0) is 52.6. The summed E-state index contributed by atoms with van der Waals surface area (Å²) in [4.78, 5) is 42.0. The molecule has 4 aromatic carbocycles. The van der Waals surface area contributed by atoms with Gasteiger partial charge < -0.3 is 26.3 Å². The molecule has 5 heterocycles. The summed E-state index contributed by atoms with van der Waals surface area (Å²) < 4.78 is 56.4. The Morgan fingerprint density at radius 2 is 1.11 bits per heavy atom. The summed E-state index contributed by atoms with van der Waals surface area (Å²) in [5, 5.41) is 14.5. The van der Waals surface area contributed by atoms with E-state index >= 15 is 0 Å². The Labute approximate surface area is 451 Å². The maximum Gasteiger partial charge on any atom is 0.252 e. The highest BCUT2D eigenvalue weighted by Gasteiger charge is 2.32. The molecule has 9 rings (SSSR count). The van der Waals surface area contributed by atoms with Crippen molar-refractivity contribution in [1.82, 2.24) is 29.5 Å². The van der Waals surface area contributed by atoms with Gasteiger partial charge in [-0.05, 0) is 128 Å². The van der Waals surface area contributed by atoms with Gasteiger partial charge in [0, 0.05) is 96.9 Å². The van der Waals surface area contributed by atoms with Crippen LogP contribution in [0.15, 0.2) is 136 Å². The van der Waals surface area contributed by atoms with E-state index in [1.165, 1.54) is 26.7 Å². The van der Waals surface area contributed by atoms with Crippen molar-refractivity contribution in [3.05, 3.63) is 170 Å². The standard InChI is InChI=1S/C29H33ClN4O3S2.C25H26ClN3O4S2/c1-29(2,3)26-17-20-16-23(8-10-25(20)33-26)32-22-12-14-34(15-13-22)39(36,37)27-11-9-24(38-27)18-31-28(35)19-4-6-21(30)7-5-19;26-20-8-6-19(7-9-20)25(31)27-17-22-10-11-24(34-22)35(32,33)29-14-12-21(13-15-29)28-23(30)16-18-4-2-1-3-5-18/h4-11,16-17,22,32-33H,12-15,18H2,1-3H3,(H,31,35);1-11,21H,12-17H2,(H,27,31)(H,28,30). The third kappa shape index (κ3) is 14.2. The summed E-state index contributed by atoms with van der Waals surface area (Å²) >= 11 is 14.1. The molecule has 0 radical (unpaired) electrons. The second-order valence-corrected chi connectivity index (χ2v) is 26.8. The van der Waals surface area contributed by atoms with Crippen molar-refractivity contribution in [2.75, 3.05) is 31.5 Å². The number of piperidine rings is 2. The molecular formula is C54H59Cl2N7O7S4. The van der Waals surface area contributed by atoms with Gasteiger partial charge in [0.2, 0.25) is 5.91 Å². The molecule has 390 valence electrons. The average Bonchev–Trinajstić information content (AvgIpc) is 4.18. The Balaban J connectivity index is 0.000000198.